The number of aromatic nitrogens is 2. The number of halogens is 2. The number of imidazole rings is 1. The summed E-state index contributed by atoms with van der Waals surface area (Å²) in [5.74, 6) is 0.516. The molecule has 0 amide bonds. The van der Waals surface area contributed by atoms with Crippen molar-refractivity contribution in [2.75, 3.05) is 0 Å². The highest BCUT2D eigenvalue weighted by Crippen LogP contribution is 2.29. The first-order valence-corrected chi connectivity index (χ1v) is 5.77. The van der Waals surface area contributed by atoms with Crippen molar-refractivity contribution >= 4 is 28.8 Å². The van der Waals surface area contributed by atoms with Crippen molar-refractivity contribution in [2.45, 2.75) is 0 Å². The summed E-state index contributed by atoms with van der Waals surface area (Å²) < 4.78 is 6.82. The average molecular weight is 278 g/mol. The van der Waals surface area contributed by atoms with Crippen LogP contribution in [0.15, 0.2) is 35.1 Å². The van der Waals surface area contributed by atoms with Crippen LogP contribution in [0.2, 0.25) is 10.0 Å². The molecule has 18 heavy (non-hydrogen) atoms. The summed E-state index contributed by atoms with van der Waals surface area (Å²) in [6.45, 7) is 0. The van der Waals surface area contributed by atoms with Gasteiger partial charge in [0.2, 0.25) is 0 Å². The number of rotatable bonds is 1. The zero-order valence-corrected chi connectivity index (χ0v) is 10.4. The van der Waals surface area contributed by atoms with Gasteiger partial charge >= 0.3 is 0 Å². The number of nitriles is 1. The van der Waals surface area contributed by atoms with Crippen molar-refractivity contribution in [3.63, 3.8) is 0 Å². The highest BCUT2D eigenvalue weighted by atomic mass is 35.5. The number of nitrogens with zero attached hydrogens (tertiary/aromatic N) is 3. The Balaban J connectivity index is 2.42. The van der Waals surface area contributed by atoms with E-state index in [9.17, 15) is 5.26 Å². The van der Waals surface area contributed by atoms with Crippen molar-refractivity contribution in [3.05, 3.63) is 46.4 Å². The molecule has 0 bridgehead atoms. The van der Waals surface area contributed by atoms with E-state index in [-0.39, 0.29) is 0 Å². The predicted octanol–water partition coefficient (Wildman–Crippen LogP) is 3.77. The van der Waals surface area contributed by atoms with Crippen molar-refractivity contribution in [1.82, 2.24) is 9.38 Å². The van der Waals surface area contributed by atoms with Crippen LogP contribution in [0.5, 0.6) is 0 Å². The Kier molecular flexibility index (Phi) is 2.51. The molecule has 0 radical (unpaired) electrons. The Bertz CT molecular complexity index is 769. The Morgan fingerprint density at radius 2 is 2.22 bits per heavy atom. The highest BCUT2D eigenvalue weighted by molar-refractivity contribution is 6.36. The van der Waals surface area contributed by atoms with E-state index in [1.807, 2.05) is 0 Å². The third kappa shape index (κ3) is 1.57. The summed E-state index contributed by atoms with van der Waals surface area (Å²) in [6, 6.07) is 7.13. The minimum absolute atomic E-state index is 0.337. The van der Waals surface area contributed by atoms with Crippen molar-refractivity contribution < 1.29 is 4.42 Å². The smallest absolute Gasteiger partial charge is 0.157 e. The molecule has 0 saturated heterocycles. The second-order valence-corrected chi connectivity index (χ2v) is 4.44. The van der Waals surface area contributed by atoms with Gasteiger partial charge in [-0.1, -0.05) is 23.2 Å². The van der Waals surface area contributed by atoms with E-state index in [0.29, 0.717) is 32.8 Å². The number of furan rings is 1. The minimum Gasteiger partial charge on any atom is -0.463 e. The molecule has 3 rings (SSSR count). The Morgan fingerprint density at radius 1 is 1.39 bits per heavy atom. The lowest BCUT2D eigenvalue weighted by atomic mass is 10.3. The first-order chi connectivity index (χ1) is 8.70. The molecular formula is C12H5Cl2N3O. The molecule has 0 atom stereocenters. The summed E-state index contributed by atoms with van der Waals surface area (Å²) in [5, 5.41) is 10.1. The number of hydrogen-bond acceptors (Lipinski definition) is 3. The molecule has 0 aromatic carbocycles. The molecule has 4 nitrogen and oxygen atoms in total. The van der Waals surface area contributed by atoms with Crippen molar-refractivity contribution in [3.8, 4) is 17.5 Å². The Hall–Kier alpha value is -1.96. The lowest BCUT2D eigenvalue weighted by molar-refractivity contribution is 0.580. The summed E-state index contributed by atoms with van der Waals surface area (Å²) in [7, 11) is 0. The first kappa shape index (κ1) is 11.1. The van der Waals surface area contributed by atoms with Gasteiger partial charge in [-0.3, -0.25) is 4.40 Å². The van der Waals surface area contributed by atoms with Gasteiger partial charge in [-0.05, 0) is 18.2 Å². The number of fused-ring (bicyclic) bond motifs is 1. The van der Waals surface area contributed by atoms with Gasteiger partial charge in [0, 0.05) is 6.20 Å². The predicted molar refractivity (Wildman–Crippen MR) is 67.6 cm³/mol. The summed E-state index contributed by atoms with van der Waals surface area (Å²) in [6.07, 6.45) is 3.12. The second-order valence-electron chi connectivity index (χ2n) is 3.60. The van der Waals surface area contributed by atoms with Crippen LogP contribution in [0.25, 0.3) is 17.1 Å². The maximum absolute atomic E-state index is 9.25. The second kappa shape index (κ2) is 4.05. The quantitative estimate of drug-likeness (QED) is 0.680. The van der Waals surface area contributed by atoms with E-state index >= 15 is 0 Å². The summed E-state index contributed by atoms with van der Waals surface area (Å²) in [5.41, 5.74) is 1.26. The summed E-state index contributed by atoms with van der Waals surface area (Å²) in [4.78, 5) is 4.32. The van der Waals surface area contributed by atoms with E-state index in [2.05, 4.69) is 11.1 Å². The molecular weight excluding hydrogens is 273 g/mol. The van der Waals surface area contributed by atoms with E-state index in [4.69, 9.17) is 27.6 Å². The molecule has 3 aromatic heterocycles. The van der Waals surface area contributed by atoms with Gasteiger partial charge in [0.25, 0.3) is 0 Å². The zero-order valence-electron chi connectivity index (χ0n) is 8.89. The fourth-order valence-corrected chi connectivity index (χ4v) is 2.28. The van der Waals surface area contributed by atoms with Crippen LogP contribution >= 0.6 is 23.2 Å². The standard InChI is InChI=1S/C12H5Cl2N3O/c13-7-4-8(14)12-16-11(10-2-1-3-18-10)9(5-15)17(12)6-7/h1-4,6H. The van der Waals surface area contributed by atoms with Crippen LogP contribution in [0.1, 0.15) is 5.69 Å². The molecule has 0 N–H and O–H groups in total. The van der Waals surface area contributed by atoms with Gasteiger partial charge in [0.1, 0.15) is 11.8 Å². The molecule has 0 aliphatic rings. The molecule has 0 saturated carbocycles. The van der Waals surface area contributed by atoms with Crippen LogP contribution in [0, 0.1) is 11.3 Å². The third-order valence-corrected chi connectivity index (χ3v) is 2.99. The molecule has 0 fully saturated rings. The van der Waals surface area contributed by atoms with E-state index in [1.165, 1.54) is 6.26 Å². The van der Waals surface area contributed by atoms with Crippen LogP contribution in [-0.2, 0) is 0 Å². The van der Waals surface area contributed by atoms with E-state index in [1.54, 1.807) is 28.8 Å². The number of pyridine rings is 1. The fourth-order valence-electron chi connectivity index (χ4n) is 1.77. The molecule has 0 aliphatic heterocycles. The lowest BCUT2D eigenvalue weighted by Crippen LogP contribution is -1.89. The van der Waals surface area contributed by atoms with Crippen LogP contribution in [-0.4, -0.2) is 9.38 Å². The monoisotopic (exact) mass is 277 g/mol. The lowest BCUT2D eigenvalue weighted by Gasteiger charge is -1.97. The van der Waals surface area contributed by atoms with Crippen LogP contribution in [0.4, 0.5) is 0 Å². The fraction of sp³-hybridized carbons (Fsp3) is 0. The number of hydrogen-bond donors (Lipinski definition) is 0. The maximum Gasteiger partial charge on any atom is 0.157 e. The van der Waals surface area contributed by atoms with Gasteiger partial charge in [-0.15, -0.1) is 0 Å². The Morgan fingerprint density at radius 3 is 2.89 bits per heavy atom. The van der Waals surface area contributed by atoms with E-state index < -0.39 is 0 Å². The Labute approximate surface area is 112 Å². The van der Waals surface area contributed by atoms with Crippen molar-refractivity contribution in [1.29, 1.82) is 5.26 Å². The molecule has 0 unspecified atom stereocenters. The van der Waals surface area contributed by atoms with Gasteiger partial charge in [-0.25, -0.2) is 4.98 Å². The van der Waals surface area contributed by atoms with Gasteiger partial charge in [0.05, 0.1) is 16.3 Å². The maximum atomic E-state index is 9.25. The highest BCUT2D eigenvalue weighted by Gasteiger charge is 2.17. The first-order valence-electron chi connectivity index (χ1n) is 5.02. The zero-order chi connectivity index (χ0) is 12.7. The largest absolute Gasteiger partial charge is 0.463 e. The topological polar surface area (TPSA) is 54.2 Å². The van der Waals surface area contributed by atoms with Gasteiger partial charge in [0.15, 0.2) is 17.1 Å². The molecule has 3 heterocycles. The molecule has 0 aliphatic carbocycles. The average Bonchev–Trinajstić information content (AvgIpc) is 2.93. The van der Waals surface area contributed by atoms with Crippen LogP contribution in [0.3, 0.4) is 0 Å². The molecule has 3 aromatic rings. The minimum atomic E-state index is 0.337. The van der Waals surface area contributed by atoms with Crippen molar-refractivity contribution in [2.24, 2.45) is 0 Å². The van der Waals surface area contributed by atoms with Gasteiger partial charge < -0.3 is 4.42 Å². The van der Waals surface area contributed by atoms with E-state index in [0.717, 1.165) is 0 Å². The van der Waals surface area contributed by atoms with Gasteiger partial charge in [-0.2, -0.15) is 5.26 Å². The summed E-state index contributed by atoms with van der Waals surface area (Å²) >= 11 is 12.0. The SMILES string of the molecule is N#Cc1c(-c2ccco2)nc2c(Cl)cc(Cl)cn12. The molecule has 0 spiro atoms. The third-order valence-electron chi connectivity index (χ3n) is 2.50. The molecule has 88 valence electrons. The normalized spacial score (nSPS) is 10.7. The van der Waals surface area contributed by atoms with Crippen LogP contribution < -0.4 is 0 Å². The molecule has 6 heteroatoms.